The van der Waals surface area contributed by atoms with E-state index in [0.717, 1.165) is 25.8 Å². The van der Waals surface area contributed by atoms with Crippen molar-refractivity contribution >= 4 is 5.97 Å². The van der Waals surface area contributed by atoms with Crippen LogP contribution in [0.15, 0.2) is 30.3 Å². The topological polar surface area (TPSA) is 38.3 Å². The van der Waals surface area contributed by atoms with Gasteiger partial charge in [-0.05, 0) is 38.8 Å². The average Bonchev–Trinajstić information content (AvgIpc) is 2.43. The van der Waals surface area contributed by atoms with Gasteiger partial charge in [-0.1, -0.05) is 36.8 Å². The fourth-order valence-electron chi connectivity index (χ4n) is 1.98. The molecule has 0 radical (unpaired) electrons. The van der Waals surface area contributed by atoms with E-state index in [2.05, 4.69) is 36.5 Å². The molecule has 0 aromatic heterocycles. The van der Waals surface area contributed by atoms with E-state index < -0.39 is 0 Å². The van der Waals surface area contributed by atoms with E-state index in [4.69, 9.17) is 4.74 Å². The van der Waals surface area contributed by atoms with Crippen LogP contribution in [-0.4, -0.2) is 19.1 Å². The monoisotopic (exact) mass is 263 g/mol. The van der Waals surface area contributed by atoms with Crippen LogP contribution in [0.4, 0.5) is 0 Å². The van der Waals surface area contributed by atoms with Gasteiger partial charge in [0.2, 0.25) is 0 Å². The molecule has 0 bridgehead atoms. The molecule has 0 amide bonds. The maximum Gasteiger partial charge on any atom is 0.305 e. The van der Waals surface area contributed by atoms with Gasteiger partial charge in [0, 0.05) is 12.5 Å². The van der Waals surface area contributed by atoms with E-state index >= 15 is 0 Å². The highest BCUT2D eigenvalue weighted by molar-refractivity contribution is 5.69. The summed E-state index contributed by atoms with van der Waals surface area (Å²) in [6.45, 7) is 5.48. The number of unbranched alkanes of at least 4 members (excludes halogenated alkanes) is 2. The van der Waals surface area contributed by atoms with Gasteiger partial charge in [-0.25, -0.2) is 0 Å². The van der Waals surface area contributed by atoms with E-state index in [1.807, 2.05) is 13.0 Å². The number of carbonyl (C=O) groups excluding carboxylic acids is 1. The van der Waals surface area contributed by atoms with Gasteiger partial charge in [-0.3, -0.25) is 4.79 Å². The van der Waals surface area contributed by atoms with Gasteiger partial charge in [0.05, 0.1) is 6.61 Å². The van der Waals surface area contributed by atoms with Gasteiger partial charge in [-0.15, -0.1) is 0 Å². The summed E-state index contributed by atoms with van der Waals surface area (Å²) in [7, 11) is 0. The number of nitrogens with one attached hydrogen (secondary N) is 1. The minimum Gasteiger partial charge on any atom is -0.466 e. The number of hydrogen-bond donors (Lipinski definition) is 1. The molecule has 0 heterocycles. The lowest BCUT2D eigenvalue weighted by atomic mass is 10.1. The molecular formula is C16H25NO2. The molecule has 1 rings (SSSR count). The molecular weight excluding hydrogens is 238 g/mol. The molecule has 0 aliphatic carbocycles. The highest BCUT2D eigenvalue weighted by atomic mass is 16.5. The maximum absolute atomic E-state index is 11.1. The van der Waals surface area contributed by atoms with Crippen molar-refractivity contribution in [3.63, 3.8) is 0 Å². The van der Waals surface area contributed by atoms with Crippen molar-refractivity contribution in [2.75, 3.05) is 13.2 Å². The molecule has 1 atom stereocenters. The minimum atomic E-state index is -0.0758. The van der Waals surface area contributed by atoms with Crippen molar-refractivity contribution in [1.82, 2.24) is 5.32 Å². The maximum atomic E-state index is 11.1. The highest BCUT2D eigenvalue weighted by Crippen LogP contribution is 2.11. The van der Waals surface area contributed by atoms with Crippen LogP contribution in [0.2, 0.25) is 0 Å². The molecule has 0 aliphatic rings. The summed E-state index contributed by atoms with van der Waals surface area (Å²) in [4.78, 5) is 11.1. The van der Waals surface area contributed by atoms with Crippen molar-refractivity contribution in [2.24, 2.45) is 0 Å². The summed E-state index contributed by atoms with van der Waals surface area (Å²) in [5.41, 5.74) is 1.31. The second kappa shape index (κ2) is 9.56. The fourth-order valence-corrected chi connectivity index (χ4v) is 1.98. The molecule has 1 N–H and O–H groups in total. The van der Waals surface area contributed by atoms with E-state index in [-0.39, 0.29) is 5.97 Å². The molecule has 3 heteroatoms. The van der Waals surface area contributed by atoms with Crippen molar-refractivity contribution in [1.29, 1.82) is 0 Å². The first-order valence-electron chi connectivity index (χ1n) is 7.18. The number of esters is 1. The zero-order chi connectivity index (χ0) is 13.9. The van der Waals surface area contributed by atoms with Crippen LogP contribution in [0.5, 0.6) is 0 Å². The predicted octanol–water partition coefficient (Wildman–Crippen LogP) is 3.46. The van der Waals surface area contributed by atoms with Crippen LogP contribution in [0.3, 0.4) is 0 Å². The predicted molar refractivity (Wildman–Crippen MR) is 78.0 cm³/mol. The number of hydrogen-bond acceptors (Lipinski definition) is 3. The molecule has 19 heavy (non-hydrogen) atoms. The van der Waals surface area contributed by atoms with Gasteiger partial charge >= 0.3 is 5.97 Å². The summed E-state index contributed by atoms with van der Waals surface area (Å²) in [6.07, 6.45) is 3.62. The average molecular weight is 263 g/mol. The molecule has 0 saturated heterocycles. The lowest BCUT2D eigenvalue weighted by molar-refractivity contribution is -0.143. The first kappa shape index (κ1) is 15.7. The van der Waals surface area contributed by atoms with Crippen molar-refractivity contribution < 1.29 is 9.53 Å². The van der Waals surface area contributed by atoms with E-state index in [9.17, 15) is 4.79 Å². The first-order valence-corrected chi connectivity index (χ1v) is 7.18. The Labute approximate surface area is 116 Å². The van der Waals surface area contributed by atoms with E-state index in [1.165, 1.54) is 5.56 Å². The first-order chi connectivity index (χ1) is 9.24. The third kappa shape index (κ3) is 6.97. The largest absolute Gasteiger partial charge is 0.466 e. The Bertz CT molecular complexity index is 351. The van der Waals surface area contributed by atoms with Crippen LogP contribution < -0.4 is 5.32 Å². The van der Waals surface area contributed by atoms with Crippen LogP contribution in [0.25, 0.3) is 0 Å². The standard InChI is InChI=1S/C16H25NO2/c1-3-19-16(18)12-8-5-9-13-17-14(2)15-10-6-4-7-11-15/h4,6-7,10-11,14,17H,3,5,8-9,12-13H2,1-2H3. The van der Waals surface area contributed by atoms with Crippen LogP contribution in [-0.2, 0) is 9.53 Å². The van der Waals surface area contributed by atoms with Gasteiger partial charge in [-0.2, -0.15) is 0 Å². The Kier molecular flexibility index (Phi) is 7.91. The van der Waals surface area contributed by atoms with Crippen LogP contribution in [0, 0.1) is 0 Å². The summed E-state index contributed by atoms with van der Waals surface area (Å²) in [5, 5.41) is 3.50. The number of benzene rings is 1. The molecule has 1 aromatic rings. The minimum absolute atomic E-state index is 0.0758. The van der Waals surface area contributed by atoms with Gasteiger partial charge < -0.3 is 10.1 Å². The molecule has 106 valence electrons. The Hall–Kier alpha value is -1.35. The summed E-state index contributed by atoms with van der Waals surface area (Å²) < 4.78 is 4.89. The third-order valence-corrected chi connectivity index (χ3v) is 3.11. The molecule has 1 aromatic carbocycles. The highest BCUT2D eigenvalue weighted by Gasteiger charge is 2.03. The lowest BCUT2D eigenvalue weighted by Crippen LogP contribution is -2.19. The van der Waals surface area contributed by atoms with Crippen LogP contribution in [0.1, 0.15) is 51.1 Å². The fraction of sp³-hybridized carbons (Fsp3) is 0.562. The second-order valence-electron chi connectivity index (χ2n) is 4.70. The zero-order valence-electron chi connectivity index (χ0n) is 12.0. The van der Waals surface area contributed by atoms with Gasteiger partial charge in [0.1, 0.15) is 0 Å². The summed E-state index contributed by atoms with van der Waals surface area (Å²) in [5.74, 6) is -0.0758. The Morgan fingerprint density at radius 1 is 1.21 bits per heavy atom. The molecule has 0 spiro atoms. The molecule has 0 fully saturated rings. The normalized spacial score (nSPS) is 12.1. The van der Waals surface area contributed by atoms with E-state index in [1.54, 1.807) is 0 Å². The zero-order valence-corrected chi connectivity index (χ0v) is 12.0. The SMILES string of the molecule is CCOC(=O)CCCCCNC(C)c1ccccc1. The lowest BCUT2D eigenvalue weighted by Gasteiger charge is -2.13. The smallest absolute Gasteiger partial charge is 0.305 e. The number of ether oxygens (including phenoxy) is 1. The Balaban J connectivity index is 2.03. The Morgan fingerprint density at radius 3 is 2.63 bits per heavy atom. The van der Waals surface area contributed by atoms with Crippen LogP contribution >= 0.6 is 0 Å². The second-order valence-corrected chi connectivity index (χ2v) is 4.70. The molecule has 0 saturated carbocycles. The van der Waals surface area contributed by atoms with Crippen molar-refractivity contribution in [3.05, 3.63) is 35.9 Å². The Morgan fingerprint density at radius 2 is 1.95 bits per heavy atom. The van der Waals surface area contributed by atoms with Crippen molar-refractivity contribution in [2.45, 2.75) is 45.6 Å². The molecule has 0 aliphatic heterocycles. The third-order valence-electron chi connectivity index (χ3n) is 3.11. The van der Waals surface area contributed by atoms with Gasteiger partial charge in [0.15, 0.2) is 0 Å². The molecule has 1 unspecified atom stereocenters. The van der Waals surface area contributed by atoms with E-state index in [0.29, 0.717) is 19.1 Å². The molecule has 3 nitrogen and oxygen atoms in total. The number of rotatable bonds is 9. The van der Waals surface area contributed by atoms with Gasteiger partial charge in [0.25, 0.3) is 0 Å². The van der Waals surface area contributed by atoms with Crippen molar-refractivity contribution in [3.8, 4) is 0 Å². The quantitative estimate of drug-likeness (QED) is 0.547. The summed E-state index contributed by atoms with van der Waals surface area (Å²) in [6, 6.07) is 10.8. The summed E-state index contributed by atoms with van der Waals surface area (Å²) >= 11 is 0. The number of carbonyl (C=O) groups is 1.